The number of sulfone groups is 1. The van der Waals surface area contributed by atoms with E-state index in [0.717, 1.165) is 0 Å². The fourth-order valence-electron chi connectivity index (χ4n) is 6.51. The van der Waals surface area contributed by atoms with Crippen LogP contribution in [0.4, 0.5) is 11.4 Å². The standard InChI is InChI=1S/C39H41N5O8S/c1-23-15-31(19-32-36(23)42-20-33(38(40)48)37(32)43-28-6-4-7-29(18-28)52-2)53(50,51)30-8-3-5-25(17-30)39(49)44-13-11-27(12-14-44)41-21-35(47)24-9-10-34(46)26(16-24)22-45/h3-10,15-20,27,35,41,45-47H,11-14,21-22H2,1-2H3,(H2,40,48)(H,42,43)/t35-/m0/s1. The summed E-state index contributed by atoms with van der Waals surface area (Å²) >= 11 is 0. The SMILES string of the molecule is COc1cccc(Nc2c(C(N)=O)cnc3c(C)cc(S(=O)(=O)c4cccc(C(=O)N5CCC(NC[C@H](O)c6ccc(O)c(CO)c6)CC5)c4)cc23)c1. The lowest BCUT2D eigenvalue weighted by molar-refractivity contribution is 0.0697. The highest BCUT2D eigenvalue weighted by Crippen LogP contribution is 2.35. The van der Waals surface area contributed by atoms with Crippen LogP contribution >= 0.6 is 0 Å². The Labute approximate surface area is 307 Å². The molecule has 5 aromatic rings. The Hall–Kier alpha value is -5.54. The number of hydrogen-bond donors (Lipinski definition) is 6. The molecule has 6 rings (SSSR count). The second-order valence-corrected chi connectivity index (χ2v) is 14.9. The van der Waals surface area contributed by atoms with Crippen LogP contribution in [0, 0.1) is 6.92 Å². The number of aliphatic hydroxyl groups is 2. The summed E-state index contributed by atoms with van der Waals surface area (Å²) in [6, 6.07) is 20.6. The Kier molecular flexibility index (Phi) is 11.0. The third kappa shape index (κ3) is 7.95. The number of nitrogens with zero attached hydrogens (tertiary/aromatic N) is 2. The van der Waals surface area contributed by atoms with E-state index in [4.69, 9.17) is 10.5 Å². The van der Waals surface area contributed by atoms with Gasteiger partial charge in [-0.3, -0.25) is 14.6 Å². The molecule has 0 unspecified atom stereocenters. The number of benzene rings is 4. The summed E-state index contributed by atoms with van der Waals surface area (Å²) < 4.78 is 33.6. The maximum Gasteiger partial charge on any atom is 0.253 e. The first kappa shape index (κ1) is 37.2. The molecule has 13 nitrogen and oxygen atoms in total. The van der Waals surface area contributed by atoms with Gasteiger partial charge in [0.25, 0.3) is 11.8 Å². The van der Waals surface area contributed by atoms with Gasteiger partial charge in [-0.2, -0.15) is 0 Å². The molecular weight excluding hydrogens is 699 g/mol. The van der Waals surface area contributed by atoms with Gasteiger partial charge in [0.1, 0.15) is 11.5 Å². The van der Waals surface area contributed by atoms with E-state index in [1.54, 1.807) is 54.3 Å². The number of carbonyl (C=O) groups is 2. The van der Waals surface area contributed by atoms with Gasteiger partial charge >= 0.3 is 0 Å². The van der Waals surface area contributed by atoms with E-state index in [1.165, 1.54) is 49.7 Å². The van der Waals surface area contributed by atoms with Crippen molar-refractivity contribution >= 4 is 43.9 Å². The Morgan fingerprint density at radius 3 is 2.49 bits per heavy atom. The highest BCUT2D eigenvalue weighted by Gasteiger charge is 2.27. The van der Waals surface area contributed by atoms with E-state index in [2.05, 4.69) is 15.6 Å². The molecule has 4 aromatic carbocycles. The van der Waals surface area contributed by atoms with Gasteiger partial charge < -0.3 is 41.3 Å². The number of piperidine rings is 1. The first-order valence-electron chi connectivity index (χ1n) is 17.0. The number of nitrogens with one attached hydrogen (secondary N) is 2. The van der Waals surface area contributed by atoms with Crippen molar-refractivity contribution in [1.82, 2.24) is 15.2 Å². The number of fused-ring (bicyclic) bond motifs is 1. The van der Waals surface area contributed by atoms with Crippen LogP contribution in [0.2, 0.25) is 0 Å². The van der Waals surface area contributed by atoms with Gasteiger partial charge in [0.05, 0.1) is 46.4 Å². The molecule has 0 saturated carbocycles. The largest absolute Gasteiger partial charge is 0.508 e. The number of rotatable bonds is 12. The molecule has 1 saturated heterocycles. The molecule has 7 N–H and O–H groups in total. The van der Waals surface area contributed by atoms with E-state index in [1.807, 2.05) is 0 Å². The quantitative estimate of drug-likeness (QED) is 0.106. The lowest BCUT2D eigenvalue weighted by atomic mass is 10.0. The zero-order valence-electron chi connectivity index (χ0n) is 29.2. The molecule has 0 bridgehead atoms. The zero-order valence-corrected chi connectivity index (χ0v) is 30.1. The maximum atomic E-state index is 14.2. The fourth-order valence-corrected chi connectivity index (χ4v) is 7.92. The predicted molar refractivity (Wildman–Crippen MR) is 199 cm³/mol. The average Bonchev–Trinajstić information content (AvgIpc) is 3.17. The second-order valence-electron chi connectivity index (χ2n) is 13.0. The molecule has 2 amide bonds. The van der Waals surface area contributed by atoms with E-state index in [9.17, 15) is 33.3 Å². The van der Waals surface area contributed by atoms with Crippen LogP contribution in [0.15, 0.2) is 94.9 Å². The number of aliphatic hydroxyl groups excluding tert-OH is 2. The summed E-state index contributed by atoms with van der Waals surface area (Å²) in [5.74, 6) is -0.503. The summed E-state index contributed by atoms with van der Waals surface area (Å²) in [7, 11) is -2.62. The number of nitrogens with two attached hydrogens (primary N) is 1. The third-order valence-electron chi connectivity index (χ3n) is 9.48. The summed E-state index contributed by atoms with van der Waals surface area (Å²) in [4.78, 5) is 32.1. The topological polar surface area (TPSA) is 204 Å². The van der Waals surface area contributed by atoms with E-state index >= 15 is 0 Å². The lowest BCUT2D eigenvalue weighted by Crippen LogP contribution is -2.45. The number of methoxy groups -OCH3 is 1. The Morgan fingerprint density at radius 1 is 1.02 bits per heavy atom. The second kappa shape index (κ2) is 15.6. The summed E-state index contributed by atoms with van der Waals surface area (Å²) in [5, 5.41) is 36.8. The maximum absolute atomic E-state index is 14.2. The van der Waals surface area contributed by atoms with Crippen molar-refractivity contribution in [3.63, 3.8) is 0 Å². The van der Waals surface area contributed by atoms with Crippen molar-refractivity contribution in [1.29, 1.82) is 0 Å². The number of amides is 2. The Morgan fingerprint density at radius 2 is 1.77 bits per heavy atom. The number of aromatic nitrogens is 1. The molecule has 1 aliphatic rings. The molecule has 14 heteroatoms. The number of pyridine rings is 1. The van der Waals surface area contributed by atoms with Crippen molar-refractivity contribution in [2.24, 2.45) is 5.73 Å². The molecule has 276 valence electrons. The smallest absolute Gasteiger partial charge is 0.253 e. The molecule has 1 aliphatic heterocycles. The van der Waals surface area contributed by atoms with Crippen LogP contribution in [0.5, 0.6) is 11.5 Å². The summed E-state index contributed by atoms with van der Waals surface area (Å²) in [6.45, 7) is 2.50. The molecular formula is C39H41N5O8S. The van der Waals surface area contributed by atoms with Gasteiger partial charge in [-0.1, -0.05) is 18.2 Å². The average molecular weight is 740 g/mol. The zero-order chi connectivity index (χ0) is 37.9. The van der Waals surface area contributed by atoms with Crippen LogP contribution in [0.1, 0.15) is 56.4 Å². The first-order valence-corrected chi connectivity index (χ1v) is 18.5. The molecule has 2 heterocycles. The minimum atomic E-state index is -4.15. The van der Waals surface area contributed by atoms with Crippen molar-refractivity contribution in [3.8, 4) is 11.5 Å². The molecule has 0 radical (unpaired) electrons. The third-order valence-corrected chi connectivity index (χ3v) is 11.2. The Balaban J connectivity index is 1.19. The number of anilines is 2. The number of aryl methyl sites for hydroxylation is 1. The molecule has 0 spiro atoms. The minimum absolute atomic E-state index is 0.0364. The minimum Gasteiger partial charge on any atom is -0.508 e. The van der Waals surface area contributed by atoms with E-state index < -0.39 is 21.8 Å². The summed E-state index contributed by atoms with van der Waals surface area (Å²) in [6.07, 6.45) is 1.75. The van der Waals surface area contributed by atoms with E-state index in [0.29, 0.717) is 70.6 Å². The van der Waals surface area contributed by atoms with Crippen LogP contribution in [-0.2, 0) is 16.4 Å². The number of carbonyl (C=O) groups excluding carboxylic acids is 2. The normalized spacial score (nSPS) is 14.2. The van der Waals surface area contributed by atoms with Crippen LogP contribution in [0.25, 0.3) is 10.9 Å². The number of ether oxygens (including phenoxy) is 1. The number of aromatic hydroxyl groups is 1. The molecule has 1 fully saturated rings. The van der Waals surface area contributed by atoms with Gasteiger partial charge in [-0.05, 0) is 85.5 Å². The van der Waals surface area contributed by atoms with Crippen molar-refractivity contribution < 1.29 is 38.1 Å². The van der Waals surface area contributed by atoms with Crippen molar-refractivity contribution in [3.05, 3.63) is 113 Å². The highest BCUT2D eigenvalue weighted by atomic mass is 32.2. The number of hydrogen-bond acceptors (Lipinski definition) is 11. The number of primary amides is 1. The van der Waals surface area contributed by atoms with Crippen LogP contribution < -0.4 is 21.1 Å². The molecule has 1 atom stereocenters. The predicted octanol–water partition coefficient (Wildman–Crippen LogP) is 4.35. The van der Waals surface area contributed by atoms with Crippen LogP contribution in [-0.4, -0.2) is 78.2 Å². The highest BCUT2D eigenvalue weighted by molar-refractivity contribution is 7.91. The molecule has 1 aromatic heterocycles. The lowest BCUT2D eigenvalue weighted by Gasteiger charge is -2.33. The number of likely N-dealkylation sites (tertiary alicyclic amines) is 1. The van der Waals surface area contributed by atoms with E-state index in [-0.39, 0.29) is 51.8 Å². The summed E-state index contributed by atoms with van der Waals surface area (Å²) in [5.41, 5.74) is 8.84. The Bertz CT molecular complexity index is 2290. The van der Waals surface area contributed by atoms with Gasteiger partial charge in [0, 0.05) is 60.1 Å². The van der Waals surface area contributed by atoms with Gasteiger partial charge in [0.2, 0.25) is 9.84 Å². The monoisotopic (exact) mass is 739 g/mol. The van der Waals surface area contributed by atoms with Gasteiger partial charge in [-0.15, -0.1) is 0 Å². The fraction of sp³-hybridized carbons (Fsp3) is 0.256. The van der Waals surface area contributed by atoms with Crippen molar-refractivity contribution in [2.75, 3.05) is 32.1 Å². The van der Waals surface area contributed by atoms with Crippen LogP contribution in [0.3, 0.4) is 0 Å². The van der Waals surface area contributed by atoms with Gasteiger partial charge in [-0.25, -0.2) is 8.42 Å². The molecule has 0 aliphatic carbocycles. The first-order chi connectivity index (χ1) is 25.4. The molecule has 53 heavy (non-hydrogen) atoms. The van der Waals surface area contributed by atoms with Gasteiger partial charge in [0.15, 0.2) is 0 Å². The van der Waals surface area contributed by atoms with Crippen molar-refractivity contribution in [2.45, 2.75) is 48.3 Å². The number of phenols is 1.